The Hall–Kier alpha value is -2.19. The van der Waals surface area contributed by atoms with Crippen molar-refractivity contribution >= 4 is 33.2 Å². The molecule has 1 aromatic heterocycles. The van der Waals surface area contributed by atoms with Crippen LogP contribution in [0.2, 0.25) is 5.02 Å². The molecule has 2 aromatic rings. The van der Waals surface area contributed by atoms with Crippen molar-refractivity contribution in [3.05, 3.63) is 52.9 Å². The van der Waals surface area contributed by atoms with Gasteiger partial charge in [0.25, 0.3) is 5.91 Å². The largest absolute Gasteiger partial charge is 0.368 e. The van der Waals surface area contributed by atoms with E-state index in [0.29, 0.717) is 23.8 Å². The van der Waals surface area contributed by atoms with E-state index in [1.807, 2.05) is 24.3 Å². The highest BCUT2D eigenvalue weighted by molar-refractivity contribution is 7.91. The number of nitrogens with zero attached hydrogens (tertiary/aromatic N) is 2. The number of carbonyl (C=O) groups excluding carboxylic acids is 1. The van der Waals surface area contributed by atoms with Crippen LogP contribution in [-0.2, 0) is 16.3 Å². The number of rotatable bonds is 6. The number of aromatic nitrogens is 2. The van der Waals surface area contributed by atoms with E-state index in [2.05, 4.69) is 20.6 Å². The lowest BCUT2D eigenvalue weighted by Crippen LogP contribution is -2.36. The van der Waals surface area contributed by atoms with Crippen LogP contribution < -0.4 is 10.6 Å². The topological polar surface area (TPSA) is 101 Å². The van der Waals surface area contributed by atoms with Crippen LogP contribution in [0.4, 0.5) is 5.82 Å². The summed E-state index contributed by atoms with van der Waals surface area (Å²) in [5, 5.41) is 6.53. The van der Waals surface area contributed by atoms with Gasteiger partial charge in [0.15, 0.2) is 9.84 Å². The Balaban J connectivity index is 1.48. The van der Waals surface area contributed by atoms with Gasteiger partial charge >= 0.3 is 0 Å². The van der Waals surface area contributed by atoms with E-state index in [1.165, 1.54) is 12.4 Å². The number of anilines is 1. The fraction of sp³-hybridized carbons (Fsp3) is 0.353. The summed E-state index contributed by atoms with van der Waals surface area (Å²) in [6.07, 6.45) is 4.11. The highest BCUT2D eigenvalue weighted by Gasteiger charge is 2.29. The zero-order valence-electron chi connectivity index (χ0n) is 14.0. The minimum Gasteiger partial charge on any atom is -0.368 e. The summed E-state index contributed by atoms with van der Waals surface area (Å²) in [5.74, 6) is 0.252. The van der Waals surface area contributed by atoms with Gasteiger partial charge in [-0.05, 0) is 30.5 Å². The first-order chi connectivity index (χ1) is 12.4. The van der Waals surface area contributed by atoms with Crippen molar-refractivity contribution < 1.29 is 13.2 Å². The lowest BCUT2D eigenvalue weighted by atomic mass is 10.1. The first-order valence-corrected chi connectivity index (χ1v) is 10.4. The van der Waals surface area contributed by atoms with Crippen LogP contribution in [0.1, 0.15) is 22.5 Å². The van der Waals surface area contributed by atoms with Gasteiger partial charge < -0.3 is 10.6 Å². The fourth-order valence-electron chi connectivity index (χ4n) is 2.69. The molecule has 2 heterocycles. The number of halogens is 1. The molecule has 1 aliphatic heterocycles. The van der Waals surface area contributed by atoms with E-state index < -0.39 is 15.7 Å². The molecule has 0 aliphatic carbocycles. The van der Waals surface area contributed by atoms with E-state index in [0.717, 1.165) is 12.0 Å². The van der Waals surface area contributed by atoms with Crippen molar-refractivity contribution in [3.63, 3.8) is 0 Å². The Labute approximate surface area is 157 Å². The normalized spacial score (nSPS) is 18.4. The highest BCUT2D eigenvalue weighted by Crippen LogP contribution is 2.12. The standard InChI is InChI=1S/C17H19ClN4O3S/c18-13-3-1-12(2-4-13)5-7-19-16-10-20-15(9-21-16)17(23)22-14-6-8-26(24,25)11-14/h1-4,9-10,14H,5-8,11H2,(H,19,21)(H,22,23). The number of amides is 1. The minimum atomic E-state index is -3.03. The smallest absolute Gasteiger partial charge is 0.271 e. The molecule has 2 N–H and O–H groups in total. The van der Waals surface area contributed by atoms with Gasteiger partial charge in [0, 0.05) is 17.6 Å². The Kier molecular flexibility index (Phi) is 5.73. The average molecular weight is 395 g/mol. The van der Waals surface area contributed by atoms with E-state index in [1.54, 1.807) is 0 Å². The molecule has 1 saturated heterocycles. The Morgan fingerprint density at radius 1 is 1.19 bits per heavy atom. The van der Waals surface area contributed by atoms with Gasteiger partial charge in [0.2, 0.25) is 0 Å². The number of hydrogen-bond acceptors (Lipinski definition) is 6. The third-order valence-electron chi connectivity index (χ3n) is 4.09. The van der Waals surface area contributed by atoms with Gasteiger partial charge in [-0.3, -0.25) is 4.79 Å². The van der Waals surface area contributed by atoms with E-state index >= 15 is 0 Å². The number of carbonyl (C=O) groups is 1. The van der Waals surface area contributed by atoms with Gasteiger partial charge in [-0.2, -0.15) is 0 Å². The molecule has 1 unspecified atom stereocenters. The van der Waals surface area contributed by atoms with E-state index in [9.17, 15) is 13.2 Å². The van der Waals surface area contributed by atoms with Gasteiger partial charge in [-0.15, -0.1) is 0 Å². The molecular formula is C17H19ClN4O3S. The van der Waals surface area contributed by atoms with Crippen LogP contribution in [0.15, 0.2) is 36.7 Å². The second kappa shape index (κ2) is 8.01. The molecule has 3 rings (SSSR count). The molecule has 1 aliphatic rings. The molecule has 1 amide bonds. The van der Waals surface area contributed by atoms with Crippen molar-refractivity contribution in [1.82, 2.24) is 15.3 Å². The second-order valence-electron chi connectivity index (χ2n) is 6.16. The number of benzene rings is 1. The molecule has 7 nitrogen and oxygen atoms in total. The van der Waals surface area contributed by atoms with Crippen LogP contribution >= 0.6 is 11.6 Å². The monoisotopic (exact) mass is 394 g/mol. The molecular weight excluding hydrogens is 376 g/mol. The van der Waals surface area contributed by atoms with Gasteiger partial charge in [0.05, 0.1) is 23.9 Å². The molecule has 9 heteroatoms. The lowest BCUT2D eigenvalue weighted by Gasteiger charge is -2.10. The van der Waals surface area contributed by atoms with Crippen molar-refractivity contribution in [2.45, 2.75) is 18.9 Å². The summed E-state index contributed by atoms with van der Waals surface area (Å²) < 4.78 is 22.9. The first-order valence-electron chi connectivity index (χ1n) is 8.23. The van der Waals surface area contributed by atoms with Crippen LogP contribution in [-0.4, -0.2) is 48.4 Å². The predicted molar refractivity (Wildman–Crippen MR) is 100 cm³/mol. The van der Waals surface area contributed by atoms with Crippen molar-refractivity contribution in [3.8, 4) is 0 Å². The highest BCUT2D eigenvalue weighted by atomic mass is 35.5. The number of sulfone groups is 1. The Morgan fingerprint density at radius 2 is 1.96 bits per heavy atom. The zero-order valence-corrected chi connectivity index (χ0v) is 15.6. The van der Waals surface area contributed by atoms with Crippen molar-refractivity contribution in [1.29, 1.82) is 0 Å². The molecule has 1 atom stereocenters. The molecule has 1 aromatic carbocycles. The fourth-order valence-corrected chi connectivity index (χ4v) is 4.49. The first kappa shape index (κ1) is 18.6. The van der Waals surface area contributed by atoms with Crippen molar-refractivity contribution in [2.24, 2.45) is 0 Å². The summed E-state index contributed by atoms with van der Waals surface area (Å²) in [6.45, 7) is 0.668. The maximum Gasteiger partial charge on any atom is 0.271 e. The van der Waals surface area contributed by atoms with Crippen LogP contribution in [0, 0.1) is 0 Å². The third-order valence-corrected chi connectivity index (χ3v) is 6.11. The third kappa shape index (κ3) is 5.15. The average Bonchev–Trinajstić information content (AvgIpc) is 2.96. The maximum atomic E-state index is 12.1. The molecule has 1 fully saturated rings. The summed E-state index contributed by atoms with van der Waals surface area (Å²) in [4.78, 5) is 20.4. The Bertz CT molecular complexity index is 870. The molecule has 0 radical (unpaired) electrons. The molecule has 0 bridgehead atoms. The van der Waals surface area contributed by atoms with Gasteiger partial charge in [-0.25, -0.2) is 18.4 Å². The second-order valence-corrected chi connectivity index (χ2v) is 8.83. The van der Waals surface area contributed by atoms with Crippen LogP contribution in [0.5, 0.6) is 0 Å². The van der Waals surface area contributed by atoms with Crippen LogP contribution in [0.3, 0.4) is 0 Å². The Morgan fingerprint density at radius 3 is 2.58 bits per heavy atom. The summed E-state index contributed by atoms with van der Waals surface area (Å²) in [7, 11) is -3.03. The maximum absolute atomic E-state index is 12.1. The van der Waals surface area contributed by atoms with Crippen LogP contribution in [0.25, 0.3) is 0 Å². The quantitative estimate of drug-likeness (QED) is 0.773. The number of nitrogens with one attached hydrogen (secondary N) is 2. The van der Waals surface area contributed by atoms with E-state index in [-0.39, 0.29) is 23.2 Å². The molecule has 26 heavy (non-hydrogen) atoms. The molecule has 0 saturated carbocycles. The minimum absolute atomic E-state index is 0.0174. The molecule has 138 valence electrons. The van der Waals surface area contributed by atoms with Gasteiger partial charge in [0.1, 0.15) is 11.5 Å². The van der Waals surface area contributed by atoms with E-state index in [4.69, 9.17) is 11.6 Å². The summed E-state index contributed by atoms with van der Waals surface area (Å²) >= 11 is 5.85. The lowest BCUT2D eigenvalue weighted by molar-refractivity contribution is 0.0935. The number of hydrogen-bond donors (Lipinski definition) is 2. The summed E-state index contributed by atoms with van der Waals surface area (Å²) in [6, 6.07) is 7.27. The summed E-state index contributed by atoms with van der Waals surface area (Å²) in [5.41, 5.74) is 1.31. The zero-order chi connectivity index (χ0) is 18.6. The molecule has 0 spiro atoms. The van der Waals surface area contributed by atoms with Crippen molar-refractivity contribution in [2.75, 3.05) is 23.4 Å². The SMILES string of the molecule is O=C(NC1CCS(=O)(=O)C1)c1cnc(NCCc2ccc(Cl)cc2)cn1. The predicted octanol–water partition coefficient (Wildman–Crippen LogP) is 1.70. The van der Waals surface area contributed by atoms with Gasteiger partial charge in [-0.1, -0.05) is 23.7 Å².